The molecule has 0 aliphatic heterocycles. The molecule has 33 heavy (non-hydrogen) atoms. The fourth-order valence-corrected chi connectivity index (χ4v) is 2.96. The molecular weight excluding hydrogens is 429 g/mol. The summed E-state index contributed by atoms with van der Waals surface area (Å²) in [5.74, 6) is 0.213. The summed E-state index contributed by atoms with van der Waals surface area (Å²) in [6.45, 7) is 2.50. The number of halogens is 1. The van der Waals surface area contributed by atoms with E-state index in [-0.39, 0.29) is 24.5 Å². The van der Waals surface area contributed by atoms with Gasteiger partial charge in [-0.15, -0.1) is 0 Å². The van der Waals surface area contributed by atoms with Crippen LogP contribution in [0.4, 0.5) is 10.1 Å². The van der Waals surface area contributed by atoms with Gasteiger partial charge in [0.05, 0.1) is 24.2 Å². The number of amides is 1. The zero-order valence-electron chi connectivity index (χ0n) is 17.9. The number of hydrogen-bond donors (Lipinski definition) is 1. The Morgan fingerprint density at radius 1 is 1.09 bits per heavy atom. The lowest BCUT2D eigenvalue weighted by Crippen LogP contribution is -2.20. The molecule has 3 rings (SSSR count). The Kier molecular flexibility index (Phi) is 8.07. The Morgan fingerprint density at radius 2 is 1.85 bits per heavy atom. The van der Waals surface area contributed by atoms with Crippen molar-refractivity contribution in [3.63, 3.8) is 0 Å². The molecule has 9 heteroatoms. The van der Waals surface area contributed by atoms with Crippen LogP contribution in [0, 0.1) is 15.9 Å². The smallest absolute Gasteiger partial charge is 0.273 e. The van der Waals surface area contributed by atoms with Crippen molar-refractivity contribution in [2.75, 3.05) is 6.61 Å². The van der Waals surface area contributed by atoms with Crippen LogP contribution in [-0.2, 0) is 17.8 Å². The number of para-hydroxylation sites is 1. The van der Waals surface area contributed by atoms with Gasteiger partial charge in [-0.3, -0.25) is 14.9 Å². The standard InChI is InChI=1S/C24H22FN3O5/c1-2-32-23-13-18(9-12-22(23)33-16-17-7-10-20(25)11-8-17)15-26-27-24(29)14-19-5-3-4-6-21(19)28(30)31/h3-13,15H,2,14,16H2,1H3,(H,27,29). The number of carbonyl (C=O) groups excluding carboxylic acids is 1. The van der Waals surface area contributed by atoms with Crippen molar-refractivity contribution in [3.05, 3.63) is 99.4 Å². The van der Waals surface area contributed by atoms with Gasteiger partial charge in [-0.25, -0.2) is 9.82 Å². The highest BCUT2D eigenvalue weighted by molar-refractivity contribution is 5.84. The molecule has 0 aromatic heterocycles. The largest absolute Gasteiger partial charge is 0.490 e. The number of hydrazone groups is 1. The lowest BCUT2D eigenvalue weighted by Gasteiger charge is -2.12. The van der Waals surface area contributed by atoms with Crippen LogP contribution in [0.25, 0.3) is 0 Å². The minimum Gasteiger partial charge on any atom is -0.490 e. The van der Waals surface area contributed by atoms with E-state index in [2.05, 4.69) is 10.5 Å². The summed E-state index contributed by atoms with van der Waals surface area (Å²) in [5, 5.41) is 15.0. The summed E-state index contributed by atoms with van der Waals surface area (Å²) >= 11 is 0. The highest BCUT2D eigenvalue weighted by Crippen LogP contribution is 2.29. The SMILES string of the molecule is CCOc1cc(C=NNC(=O)Cc2ccccc2[N+](=O)[O-])ccc1OCc1ccc(F)cc1. The zero-order chi connectivity index (χ0) is 23.6. The second-order valence-electron chi connectivity index (χ2n) is 6.91. The van der Waals surface area contributed by atoms with E-state index in [0.29, 0.717) is 29.2 Å². The predicted octanol–water partition coefficient (Wildman–Crippen LogP) is 4.40. The average Bonchev–Trinajstić information content (AvgIpc) is 2.80. The molecule has 8 nitrogen and oxygen atoms in total. The van der Waals surface area contributed by atoms with Gasteiger partial charge in [0, 0.05) is 11.6 Å². The molecule has 3 aromatic carbocycles. The van der Waals surface area contributed by atoms with Gasteiger partial charge in [-0.05, 0) is 48.4 Å². The first-order valence-electron chi connectivity index (χ1n) is 10.1. The van der Waals surface area contributed by atoms with E-state index in [0.717, 1.165) is 5.56 Å². The minimum atomic E-state index is -0.527. The molecule has 1 N–H and O–H groups in total. The summed E-state index contributed by atoms with van der Waals surface area (Å²) in [6.07, 6.45) is 1.26. The summed E-state index contributed by atoms with van der Waals surface area (Å²) in [7, 11) is 0. The van der Waals surface area contributed by atoms with Crippen LogP contribution in [0.1, 0.15) is 23.6 Å². The molecule has 170 valence electrons. The number of hydrogen-bond acceptors (Lipinski definition) is 6. The van der Waals surface area contributed by atoms with Crippen molar-refractivity contribution >= 4 is 17.8 Å². The van der Waals surface area contributed by atoms with Crippen molar-refractivity contribution in [2.24, 2.45) is 5.10 Å². The molecule has 0 bridgehead atoms. The van der Waals surface area contributed by atoms with E-state index in [9.17, 15) is 19.3 Å². The topological polar surface area (TPSA) is 103 Å². The third kappa shape index (κ3) is 6.86. The van der Waals surface area contributed by atoms with Gasteiger partial charge in [0.2, 0.25) is 5.91 Å². The molecule has 0 spiro atoms. The fourth-order valence-electron chi connectivity index (χ4n) is 2.96. The van der Waals surface area contributed by atoms with Crippen LogP contribution in [-0.4, -0.2) is 23.7 Å². The predicted molar refractivity (Wildman–Crippen MR) is 121 cm³/mol. The summed E-state index contributed by atoms with van der Waals surface area (Å²) in [5.41, 5.74) is 4.02. The van der Waals surface area contributed by atoms with Crippen LogP contribution in [0.3, 0.4) is 0 Å². The highest BCUT2D eigenvalue weighted by atomic mass is 19.1. The molecule has 0 saturated heterocycles. The Labute approximate surface area is 189 Å². The second-order valence-corrected chi connectivity index (χ2v) is 6.91. The van der Waals surface area contributed by atoms with Crippen LogP contribution < -0.4 is 14.9 Å². The highest BCUT2D eigenvalue weighted by Gasteiger charge is 2.15. The Hall–Kier alpha value is -4.27. The van der Waals surface area contributed by atoms with Crippen molar-refractivity contribution < 1.29 is 23.6 Å². The molecule has 0 aliphatic carbocycles. The Bertz CT molecular complexity index is 1150. The molecule has 0 heterocycles. The molecule has 0 radical (unpaired) electrons. The number of benzene rings is 3. The van der Waals surface area contributed by atoms with E-state index in [4.69, 9.17) is 9.47 Å². The summed E-state index contributed by atoms with van der Waals surface area (Å²) in [6, 6.07) is 17.2. The monoisotopic (exact) mass is 451 g/mol. The molecule has 0 fully saturated rings. The van der Waals surface area contributed by atoms with Gasteiger partial charge in [-0.1, -0.05) is 30.3 Å². The normalized spacial score (nSPS) is 10.7. The van der Waals surface area contributed by atoms with Crippen LogP contribution in [0.2, 0.25) is 0 Å². The van der Waals surface area contributed by atoms with Crippen molar-refractivity contribution in [3.8, 4) is 11.5 Å². The van der Waals surface area contributed by atoms with Gasteiger partial charge in [0.1, 0.15) is 12.4 Å². The van der Waals surface area contributed by atoms with Gasteiger partial charge in [-0.2, -0.15) is 5.10 Å². The van der Waals surface area contributed by atoms with E-state index in [1.165, 1.54) is 30.5 Å². The van der Waals surface area contributed by atoms with Crippen LogP contribution in [0.15, 0.2) is 71.8 Å². The van der Waals surface area contributed by atoms with Crippen molar-refractivity contribution in [1.29, 1.82) is 0 Å². The third-order valence-corrected chi connectivity index (χ3v) is 4.52. The van der Waals surface area contributed by atoms with E-state index >= 15 is 0 Å². The molecule has 3 aromatic rings. The fraction of sp³-hybridized carbons (Fsp3) is 0.167. The molecule has 0 saturated carbocycles. The first-order chi connectivity index (χ1) is 16.0. The van der Waals surface area contributed by atoms with E-state index < -0.39 is 10.8 Å². The van der Waals surface area contributed by atoms with Crippen LogP contribution in [0.5, 0.6) is 11.5 Å². The van der Waals surface area contributed by atoms with Gasteiger partial charge in [0.25, 0.3) is 5.69 Å². The maximum absolute atomic E-state index is 13.0. The maximum atomic E-state index is 13.0. The number of ether oxygens (including phenoxy) is 2. The third-order valence-electron chi connectivity index (χ3n) is 4.52. The lowest BCUT2D eigenvalue weighted by atomic mass is 10.1. The zero-order valence-corrected chi connectivity index (χ0v) is 17.9. The van der Waals surface area contributed by atoms with Gasteiger partial charge >= 0.3 is 0 Å². The maximum Gasteiger partial charge on any atom is 0.273 e. The molecular formula is C24H22FN3O5. The molecule has 0 atom stereocenters. The number of nitrogens with zero attached hydrogens (tertiary/aromatic N) is 2. The number of nitro groups is 1. The van der Waals surface area contributed by atoms with Gasteiger partial charge < -0.3 is 9.47 Å². The van der Waals surface area contributed by atoms with Crippen molar-refractivity contribution in [2.45, 2.75) is 20.0 Å². The number of carbonyl (C=O) groups is 1. The first kappa shape index (κ1) is 23.4. The van der Waals surface area contributed by atoms with Crippen LogP contribution >= 0.6 is 0 Å². The van der Waals surface area contributed by atoms with Gasteiger partial charge in [0.15, 0.2) is 11.5 Å². The lowest BCUT2D eigenvalue weighted by molar-refractivity contribution is -0.385. The molecule has 0 aliphatic rings. The Balaban J connectivity index is 1.62. The second kappa shape index (κ2) is 11.4. The van der Waals surface area contributed by atoms with E-state index in [1.54, 1.807) is 42.5 Å². The number of nitrogens with one attached hydrogen (secondary N) is 1. The molecule has 1 amide bonds. The molecule has 0 unspecified atom stereocenters. The van der Waals surface area contributed by atoms with Crippen molar-refractivity contribution in [1.82, 2.24) is 5.43 Å². The minimum absolute atomic E-state index is 0.116. The summed E-state index contributed by atoms with van der Waals surface area (Å²) < 4.78 is 24.5. The quantitative estimate of drug-likeness (QED) is 0.280. The number of rotatable bonds is 10. The summed E-state index contributed by atoms with van der Waals surface area (Å²) in [4.78, 5) is 22.7. The van der Waals surface area contributed by atoms with E-state index in [1.807, 2.05) is 6.92 Å². The Morgan fingerprint density at radius 3 is 2.58 bits per heavy atom. The first-order valence-corrected chi connectivity index (χ1v) is 10.1. The average molecular weight is 451 g/mol. The number of nitro benzene ring substituents is 1.